The monoisotopic (exact) mass is 227 g/mol. The van der Waals surface area contributed by atoms with E-state index in [-0.39, 0.29) is 0 Å². The van der Waals surface area contributed by atoms with Gasteiger partial charge in [0.15, 0.2) is 0 Å². The van der Waals surface area contributed by atoms with Crippen molar-refractivity contribution in [3.05, 3.63) is 0 Å². The molecular weight excluding hydrogens is 201 g/mol. The lowest BCUT2D eigenvalue weighted by molar-refractivity contribution is 0.0627. The molecule has 0 aromatic rings. The molecule has 0 amide bonds. The molecule has 1 heterocycles. The number of hydrogen-bond acceptors (Lipinski definition) is 1. The van der Waals surface area contributed by atoms with Crippen LogP contribution in [0.5, 0.6) is 0 Å². The summed E-state index contributed by atoms with van der Waals surface area (Å²) < 4.78 is 13.8. The fraction of sp³-hybridized carbons (Fsp3) is 1.00. The van der Waals surface area contributed by atoms with Gasteiger partial charge in [-0.2, -0.15) is 0 Å². The first kappa shape index (κ1) is 12.3. The van der Waals surface area contributed by atoms with Gasteiger partial charge in [0, 0.05) is 25.0 Å². The van der Waals surface area contributed by atoms with Gasteiger partial charge in [0.1, 0.15) is 6.17 Å². The summed E-state index contributed by atoms with van der Waals surface area (Å²) in [4.78, 5) is 2.54. The average Bonchev–Trinajstić information content (AvgIpc) is 2.27. The van der Waals surface area contributed by atoms with Crippen molar-refractivity contribution in [1.29, 1.82) is 0 Å². The van der Waals surface area contributed by atoms with Crippen molar-refractivity contribution in [2.45, 2.75) is 64.6 Å². The van der Waals surface area contributed by atoms with Gasteiger partial charge >= 0.3 is 0 Å². The Hall–Kier alpha value is -0.110. The topological polar surface area (TPSA) is 3.24 Å². The molecule has 0 aromatic heterocycles. The number of piperidine rings is 1. The molecule has 1 aliphatic carbocycles. The van der Waals surface area contributed by atoms with Crippen LogP contribution in [0.2, 0.25) is 0 Å². The van der Waals surface area contributed by atoms with E-state index in [1.807, 2.05) is 0 Å². The Morgan fingerprint density at radius 3 is 2.56 bits per heavy atom. The SMILES string of the molecule is CC1CCC(C)N(CC2CCCCC2F)C1. The molecule has 2 rings (SSSR count). The minimum absolute atomic E-state index is 0.321. The van der Waals surface area contributed by atoms with Crippen LogP contribution in [-0.4, -0.2) is 30.2 Å². The summed E-state index contributed by atoms with van der Waals surface area (Å²) in [5.74, 6) is 1.12. The largest absolute Gasteiger partial charge is 0.300 e. The molecule has 0 spiro atoms. The van der Waals surface area contributed by atoms with Crippen LogP contribution in [0.15, 0.2) is 0 Å². The Labute approximate surface area is 99.4 Å². The van der Waals surface area contributed by atoms with Crippen LogP contribution in [0, 0.1) is 11.8 Å². The summed E-state index contributed by atoms with van der Waals surface area (Å²) in [7, 11) is 0. The molecule has 4 unspecified atom stereocenters. The lowest BCUT2D eigenvalue weighted by Crippen LogP contribution is -2.45. The highest BCUT2D eigenvalue weighted by Gasteiger charge is 2.30. The Balaban J connectivity index is 1.86. The quantitative estimate of drug-likeness (QED) is 0.696. The first-order valence-electron chi connectivity index (χ1n) is 7.05. The normalized spacial score (nSPS) is 42.2. The second kappa shape index (κ2) is 5.48. The van der Waals surface area contributed by atoms with Gasteiger partial charge in [-0.3, -0.25) is 0 Å². The third-order valence-electron chi connectivity index (χ3n) is 4.53. The van der Waals surface area contributed by atoms with E-state index in [4.69, 9.17) is 0 Å². The summed E-state index contributed by atoms with van der Waals surface area (Å²) in [6.07, 6.45) is 6.37. The van der Waals surface area contributed by atoms with Gasteiger partial charge in [-0.05, 0) is 38.5 Å². The van der Waals surface area contributed by atoms with Crippen molar-refractivity contribution < 1.29 is 4.39 Å². The summed E-state index contributed by atoms with van der Waals surface area (Å²) >= 11 is 0. The number of rotatable bonds is 2. The molecule has 4 atom stereocenters. The van der Waals surface area contributed by atoms with Crippen LogP contribution < -0.4 is 0 Å². The number of nitrogens with zero attached hydrogens (tertiary/aromatic N) is 1. The molecule has 0 N–H and O–H groups in total. The summed E-state index contributed by atoms with van der Waals surface area (Å²) in [6.45, 7) is 6.83. The molecule has 1 saturated heterocycles. The van der Waals surface area contributed by atoms with E-state index in [0.29, 0.717) is 12.0 Å². The lowest BCUT2D eigenvalue weighted by Gasteiger charge is -2.40. The predicted octanol–water partition coefficient (Wildman–Crippen LogP) is 3.64. The van der Waals surface area contributed by atoms with Crippen molar-refractivity contribution in [3.8, 4) is 0 Å². The van der Waals surface area contributed by atoms with Crippen LogP contribution in [0.4, 0.5) is 4.39 Å². The van der Waals surface area contributed by atoms with E-state index in [9.17, 15) is 4.39 Å². The molecule has 94 valence electrons. The molecule has 2 heteroatoms. The Morgan fingerprint density at radius 1 is 1.06 bits per heavy atom. The first-order chi connectivity index (χ1) is 7.66. The van der Waals surface area contributed by atoms with E-state index >= 15 is 0 Å². The Kier molecular flexibility index (Phi) is 4.23. The van der Waals surface area contributed by atoms with Crippen LogP contribution in [0.25, 0.3) is 0 Å². The minimum Gasteiger partial charge on any atom is -0.300 e. The van der Waals surface area contributed by atoms with Gasteiger partial charge in [0.05, 0.1) is 0 Å². The molecule has 1 nitrogen and oxygen atoms in total. The summed E-state index contributed by atoms with van der Waals surface area (Å²) in [5.41, 5.74) is 0. The molecule has 2 aliphatic rings. The standard InChI is InChI=1S/C14H26FN/c1-11-7-8-12(2)16(9-11)10-13-5-3-4-6-14(13)15/h11-14H,3-10H2,1-2H3. The number of hydrogen-bond donors (Lipinski definition) is 0. The highest BCUT2D eigenvalue weighted by Crippen LogP contribution is 2.30. The number of alkyl halides is 1. The van der Waals surface area contributed by atoms with Crippen molar-refractivity contribution in [1.82, 2.24) is 4.90 Å². The predicted molar refractivity (Wildman–Crippen MR) is 66.3 cm³/mol. The van der Waals surface area contributed by atoms with Crippen LogP contribution in [-0.2, 0) is 0 Å². The van der Waals surface area contributed by atoms with Gasteiger partial charge in [-0.25, -0.2) is 4.39 Å². The summed E-state index contributed by atoms with van der Waals surface area (Å²) in [5, 5.41) is 0. The fourth-order valence-electron chi connectivity index (χ4n) is 3.30. The van der Waals surface area contributed by atoms with Crippen LogP contribution in [0.3, 0.4) is 0 Å². The second-order valence-electron chi connectivity index (χ2n) is 6.05. The van der Waals surface area contributed by atoms with Gasteiger partial charge < -0.3 is 4.90 Å². The van der Waals surface area contributed by atoms with E-state index in [1.54, 1.807) is 0 Å². The highest BCUT2D eigenvalue weighted by atomic mass is 19.1. The molecule has 1 saturated carbocycles. The third-order valence-corrected chi connectivity index (χ3v) is 4.53. The molecule has 0 aromatic carbocycles. The van der Waals surface area contributed by atoms with Gasteiger partial charge in [-0.15, -0.1) is 0 Å². The zero-order valence-corrected chi connectivity index (χ0v) is 10.8. The van der Waals surface area contributed by atoms with Crippen molar-refractivity contribution in [2.24, 2.45) is 11.8 Å². The van der Waals surface area contributed by atoms with E-state index in [1.165, 1.54) is 25.8 Å². The van der Waals surface area contributed by atoms with Crippen molar-refractivity contribution >= 4 is 0 Å². The zero-order chi connectivity index (χ0) is 11.5. The Bertz CT molecular complexity index is 219. The zero-order valence-electron chi connectivity index (χ0n) is 10.8. The van der Waals surface area contributed by atoms with Crippen LogP contribution >= 0.6 is 0 Å². The molecule has 16 heavy (non-hydrogen) atoms. The Morgan fingerprint density at radius 2 is 1.81 bits per heavy atom. The summed E-state index contributed by atoms with van der Waals surface area (Å²) in [6, 6.07) is 0.672. The molecule has 2 fully saturated rings. The number of likely N-dealkylation sites (tertiary alicyclic amines) is 1. The average molecular weight is 227 g/mol. The van der Waals surface area contributed by atoms with Crippen LogP contribution in [0.1, 0.15) is 52.4 Å². The maximum atomic E-state index is 13.8. The van der Waals surface area contributed by atoms with Gasteiger partial charge in [-0.1, -0.05) is 19.8 Å². The van der Waals surface area contributed by atoms with Gasteiger partial charge in [0.25, 0.3) is 0 Å². The van der Waals surface area contributed by atoms with Gasteiger partial charge in [0.2, 0.25) is 0 Å². The second-order valence-corrected chi connectivity index (χ2v) is 6.05. The molecule has 1 aliphatic heterocycles. The molecule has 0 bridgehead atoms. The molecular formula is C14H26FN. The van der Waals surface area contributed by atoms with E-state index in [0.717, 1.165) is 31.7 Å². The number of halogens is 1. The smallest absolute Gasteiger partial charge is 0.104 e. The first-order valence-corrected chi connectivity index (χ1v) is 7.05. The lowest BCUT2D eigenvalue weighted by atomic mass is 9.85. The van der Waals surface area contributed by atoms with Crippen molar-refractivity contribution in [2.75, 3.05) is 13.1 Å². The third kappa shape index (κ3) is 2.97. The van der Waals surface area contributed by atoms with E-state index in [2.05, 4.69) is 18.7 Å². The maximum absolute atomic E-state index is 13.8. The fourth-order valence-corrected chi connectivity index (χ4v) is 3.30. The van der Waals surface area contributed by atoms with E-state index < -0.39 is 6.17 Å². The molecule has 0 radical (unpaired) electrons. The minimum atomic E-state index is -0.529. The van der Waals surface area contributed by atoms with Crippen molar-refractivity contribution in [3.63, 3.8) is 0 Å². The maximum Gasteiger partial charge on any atom is 0.104 e. The highest BCUT2D eigenvalue weighted by molar-refractivity contribution is 4.83.